The van der Waals surface area contributed by atoms with Crippen molar-refractivity contribution in [2.75, 3.05) is 20.0 Å². The van der Waals surface area contributed by atoms with E-state index in [1.807, 2.05) is 24.3 Å². The zero-order valence-electron chi connectivity index (χ0n) is 12.3. The number of ketones is 1. The van der Waals surface area contributed by atoms with Gasteiger partial charge in [0.25, 0.3) is 0 Å². The average molecular weight is 285 g/mol. The van der Waals surface area contributed by atoms with Crippen LogP contribution >= 0.6 is 0 Å². The Morgan fingerprint density at radius 1 is 1.00 bits per heavy atom. The number of benzene rings is 2. The fourth-order valence-electron chi connectivity index (χ4n) is 2.11. The molecule has 0 aliphatic carbocycles. The number of nitrogen functional groups attached to an aromatic ring is 1. The summed E-state index contributed by atoms with van der Waals surface area (Å²) in [5.41, 5.74) is 7.98. The van der Waals surface area contributed by atoms with Crippen molar-refractivity contribution in [2.45, 2.75) is 12.8 Å². The maximum Gasteiger partial charge on any atom is 0.165 e. The van der Waals surface area contributed by atoms with Gasteiger partial charge >= 0.3 is 0 Å². The zero-order chi connectivity index (χ0) is 15.2. The molecule has 0 saturated carbocycles. The van der Waals surface area contributed by atoms with Gasteiger partial charge in [-0.25, -0.2) is 0 Å². The first-order valence-electron chi connectivity index (χ1n) is 6.73. The van der Waals surface area contributed by atoms with Crippen molar-refractivity contribution in [3.05, 3.63) is 53.6 Å². The lowest BCUT2D eigenvalue weighted by Gasteiger charge is -2.07. The molecule has 0 spiro atoms. The number of Topliss-reactive ketones (excluding diaryl/α,β-unsaturated/α-hetero) is 1. The number of ether oxygens (including phenoxy) is 2. The van der Waals surface area contributed by atoms with Gasteiger partial charge in [0.15, 0.2) is 5.78 Å². The normalized spacial score (nSPS) is 10.2. The summed E-state index contributed by atoms with van der Waals surface area (Å²) in [7, 11) is 3.20. The second-order valence-electron chi connectivity index (χ2n) is 4.72. The average Bonchev–Trinajstić information content (AvgIpc) is 2.52. The van der Waals surface area contributed by atoms with Crippen molar-refractivity contribution in [3.63, 3.8) is 0 Å². The van der Waals surface area contributed by atoms with E-state index < -0.39 is 0 Å². The first-order valence-corrected chi connectivity index (χ1v) is 6.73. The molecule has 110 valence electrons. The Hall–Kier alpha value is -2.49. The molecule has 0 fully saturated rings. The van der Waals surface area contributed by atoms with Crippen molar-refractivity contribution >= 4 is 11.5 Å². The molecule has 4 heteroatoms. The van der Waals surface area contributed by atoms with E-state index in [9.17, 15) is 4.79 Å². The van der Waals surface area contributed by atoms with Gasteiger partial charge in [-0.05, 0) is 36.2 Å². The molecular formula is C17H19NO3. The minimum atomic E-state index is 0.0333. The van der Waals surface area contributed by atoms with Gasteiger partial charge in [0, 0.05) is 23.7 Å². The minimum Gasteiger partial charge on any atom is -0.497 e. The molecule has 0 saturated heterocycles. The molecule has 0 atom stereocenters. The van der Waals surface area contributed by atoms with Crippen LogP contribution in [-0.4, -0.2) is 20.0 Å². The van der Waals surface area contributed by atoms with Crippen LogP contribution in [0.25, 0.3) is 0 Å². The first kappa shape index (κ1) is 14.9. The Labute approximate surface area is 124 Å². The molecule has 2 aromatic rings. The summed E-state index contributed by atoms with van der Waals surface area (Å²) < 4.78 is 10.2. The van der Waals surface area contributed by atoms with Crippen LogP contribution in [0.2, 0.25) is 0 Å². The maximum absolute atomic E-state index is 12.2. The lowest BCUT2D eigenvalue weighted by Crippen LogP contribution is -2.05. The van der Waals surface area contributed by atoms with E-state index in [2.05, 4.69) is 0 Å². The predicted molar refractivity (Wildman–Crippen MR) is 83.1 cm³/mol. The molecule has 0 aliphatic heterocycles. The van der Waals surface area contributed by atoms with Gasteiger partial charge in [-0.15, -0.1) is 0 Å². The van der Waals surface area contributed by atoms with Crippen LogP contribution in [-0.2, 0) is 6.42 Å². The van der Waals surface area contributed by atoms with Crippen molar-refractivity contribution in [2.24, 2.45) is 0 Å². The molecule has 21 heavy (non-hydrogen) atoms. The largest absolute Gasteiger partial charge is 0.497 e. The van der Waals surface area contributed by atoms with Crippen LogP contribution in [0.5, 0.6) is 11.5 Å². The molecule has 0 bridgehead atoms. The summed E-state index contributed by atoms with van der Waals surface area (Å²) in [5.74, 6) is 1.50. The fraction of sp³-hybridized carbons (Fsp3) is 0.235. The number of nitrogens with two attached hydrogens (primary N) is 1. The molecular weight excluding hydrogens is 266 g/mol. The molecule has 4 nitrogen and oxygen atoms in total. The summed E-state index contributed by atoms with van der Waals surface area (Å²) in [4.78, 5) is 12.2. The van der Waals surface area contributed by atoms with E-state index in [0.717, 1.165) is 11.3 Å². The second-order valence-corrected chi connectivity index (χ2v) is 4.72. The summed E-state index contributed by atoms with van der Waals surface area (Å²) in [6, 6.07) is 12.8. The standard InChI is InChI=1S/C17H19NO3/c1-20-13-6-3-12(4-7-13)5-10-17(19)15-9-8-14(21-2)11-16(15)18/h3-4,6-9,11H,5,10,18H2,1-2H3. The Kier molecular flexibility index (Phi) is 4.82. The second kappa shape index (κ2) is 6.79. The lowest BCUT2D eigenvalue weighted by molar-refractivity contribution is 0.0983. The van der Waals surface area contributed by atoms with Crippen LogP contribution in [0.15, 0.2) is 42.5 Å². The zero-order valence-corrected chi connectivity index (χ0v) is 12.3. The summed E-state index contributed by atoms with van der Waals surface area (Å²) in [6.07, 6.45) is 1.09. The SMILES string of the molecule is COc1ccc(CCC(=O)c2ccc(OC)cc2N)cc1. The van der Waals surface area contributed by atoms with Gasteiger partial charge in [-0.2, -0.15) is 0 Å². The van der Waals surface area contributed by atoms with Crippen molar-refractivity contribution < 1.29 is 14.3 Å². The molecule has 0 aromatic heterocycles. The Morgan fingerprint density at radius 3 is 2.19 bits per heavy atom. The highest BCUT2D eigenvalue weighted by atomic mass is 16.5. The predicted octanol–water partition coefficient (Wildman–Crippen LogP) is 3.10. The third kappa shape index (κ3) is 3.75. The monoisotopic (exact) mass is 285 g/mol. The van der Waals surface area contributed by atoms with Gasteiger partial charge in [0.1, 0.15) is 11.5 Å². The highest BCUT2D eigenvalue weighted by molar-refractivity contribution is 6.01. The number of hydrogen-bond acceptors (Lipinski definition) is 4. The minimum absolute atomic E-state index is 0.0333. The molecule has 0 aliphatic rings. The van der Waals surface area contributed by atoms with Crippen LogP contribution < -0.4 is 15.2 Å². The third-order valence-corrected chi connectivity index (χ3v) is 3.36. The number of anilines is 1. The molecule has 2 N–H and O–H groups in total. The number of carbonyl (C=O) groups excluding carboxylic acids is 1. The van der Waals surface area contributed by atoms with Crippen LogP contribution in [0.4, 0.5) is 5.69 Å². The number of hydrogen-bond donors (Lipinski definition) is 1. The van der Waals surface area contributed by atoms with Crippen LogP contribution in [0, 0.1) is 0 Å². The maximum atomic E-state index is 12.2. The fourth-order valence-corrected chi connectivity index (χ4v) is 2.11. The molecule has 0 unspecified atom stereocenters. The number of carbonyl (C=O) groups is 1. The van der Waals surface area contributed by atoms with Crippen molar-refractivity contribution in [3.8, 4) is 11.5 Å². The number of rotatable bonds is 6. The molecule has 0 amide bonds. The van der Waals surface area contributed by atoms with E-state index in [4.69, 9.17) is 15.2 Å². The van der Waals surface area contributed by atoms with Gasteiger partial charge in [0.2, 0.25) is 0 Å². The van der Waals surface area contributed by atoms with Gasteiger partial charge in [0.05, 0.1) is 14.2 Å². The highest BCUT2D eigenvalue weighted by Gasteiger charge is 2.10. The Morgan fingerprint density at radius 2 is 1.62 bits per heavy atom. The van der Waals surface area contributed by atoms with E-state index in [1.54, 1.807) is 32.4 Å². The quantitative estimate of drug-likeness (QED) is 0.654. The van der Waals surface area contributed by atoms with E-state index >= 15 is 0 Å². The van der Waals surface area contributed by atoms with E-state index in [1.165, 1.54) is 0 Å². The first-order chi connectivity index (χ1) is 10.1. The smallest absolute Gasteiger partial charge is 0.165 e. The van der Waals surface area contributed by atoms with Gasteiger partial charge in [-0.1, -0.05) is 12.1 Å². The van der Waals surface area contributed by atoms with E-state index in [-0.39, 0.29) is 5.78 Å². The number of aryl methyl sites for hydroxylation is 1. The van der Waals surface area contributed by atoms with Crippen molar-refractivity contribution in [1.82, 2.24) is 0 Å². The summed E-state index contributed by atoms with van der Waals surface area (Å²) >= 11 is 0. The highest BCUT2D eigenvalue weighted by Crippen LogP contribution is 2.21. The van der Waals surface area contributed by atoms with Crippen LogP contribution in [0.3, 0.4) is 0 Å². The van der Waals surface area contributed by atoms with Gasteiger partial charge < -0.3 is 15.2 Å². The Balaban J connectivity index is 2.00. The molecule has 0 heterocycles. The lowest BCUT2D eigenvalue weighted by atomic mass is 10.0. The summed E-state index contributed by atoms with van der Waals surface area (Å²) in [5, 5.41) is 0. The third-order valence-electron chi connectivity index (χ3n) is 3.36. The molecule has 0 radical (unpaired) electrons. The molecule has 2 rings (SSSR count). The van der Waals surface area contributed by atoms with Gasteiger partial charge in [-0.3, -0.25) is 4.79 Å². The van der Waals surface area contributed by atoms with Crippen LogP contribution in [0.1, 0.15) is 22.3 Å². The Bertz CT molecular complexity index is 620. The number of methoxy groups -OCH3 is 2. The summed E-state index contributed by atoms with van der Waals surface area (Å²) in [6.45, 7) is 0. The molecule has 2 aromatic carbocycles. The topological polar surface area (TPSA) is 61.5 Å². The van der Waals surface area contributed by atoms with E-state index in [0.29, 0.717) is 29.8 Å². The van der Waals surface area contributed by atoms with Crippen molar-refractivity contribution in [1.29, 1.82) is 0 Å².